The van der Waals surface area contributed by atoms with Crippen LogP contribution in [0.5, 0.6) is 28.7 Å². The topological polar surface area (TPSA) is 410 Å². The SMILES string of the molecule is [2H]C([2H])(CCCCC([2H])([2H])OCCCCc1ccccc1)NCC([2H])(O)c1ccc(O)c(C([2H])([2H])O)c1.[2H]C([2H])(CCCCCNCC([2H])(O)c1ccc(O)c(C([2H])([2H])O)c1)OCCCCc1ccccc1.[2H]C([2H])(CCCCCOCCCCc1ccccc1)NCC([2H])(O)c1ccc(O)c(C([2H])([2H])O)c1.[2H]C([2H])(O)c1cc(C([2H])(O)CNC([2H])([2H])C([2H])([2H])C([2H])([2H])C([2H])([2H])C([2H])([2H])C([2H])([2H])OCCCCc2ccccc2)ccc1O.[2H]C([2H])(O)c1cc(C([2H])(O)CNC([2H])([2H])C([2H])([2H])CCC([2H])([2H])C([2H])([2H])OCCCCc2ccccc2)ccc1O. The summed E-state index contributed by atoms with van der Waals surface area (Å²) in [7, 11) is 0. The van der Waals surface area contributed by atoms with E-state index in [-0.39, 0.29) is 67.7 Å². The smallest absolute Gasteiger partial charge is 0.121 e. The quantitative estimate of drug-likeness (QED) is 0.0157. The number of ether oxygens (including phenoxy) is 5. The molecule has 150 heavy (non-hydrogen) atoms. The van der Waals surface area contributed by atoms with Gasteiger partial charge >= 0.3 is 0 Å². The summed E-state index contributed by atoms with van der Waals surface area (Å²) < 4.78 is 369. The Hall–Kier alpha value is -9.60. The molecule has 0 aliphatic heterocycles. The third kappa shape index (κ3) is 61.9. The predicted octanol–water partition coefficient (Wildman–Crippen LogP) is 20.5. The largest absolute Gasteiger partial charge is 0.508 e. The summed E-state index contributed by atoms with van der Waals surface area (Å²) in [6.07, 6.45) is -17.9. The van der Waals surface area contributed by atoms with Crippen molar-refractivity contribution in [2.45, 2.75) is 288 Å². The number of rotatable bonds is 80. The maximum atomic E-state index is 10.6. The molecule has 25 nitrogen and oxygen atoms in total. The first-order valence-electron chi connectivity index (χ1n) is 72.2. The van der Waals surface area contributed by atoms with Crippen molar-refractivity contribution < 1.29 is 159 Å². The average molecular weight is 2120 g/mol. The lowest BCUT2D eigenvalue weighted by Crippen LogP contribution is -2.22. The molecule has 0 spiro atoms. The van der Waals surface area contributed by atoms with E-state index in [9.17, 15) is 76.6 Å². The fourth-order valence-electron chi connectivity index (χ4n) is 13.9. The van der Waals surface area contributed by atoms with Crippen molar-refractivity contribution in [1.82, 2.24) is 26.6 Å². The number of hydrogen-bond donors (Lipinski definition) is 20. The normalized spacial score (nSPS) is 19.3. The van der Waals surface area contributed by atoms with E-state index in [4.69, 9.17) is 82.6 Å². The molecule has 0 radical (unpaired) electrons. The Balaban J connectivity index is 0.000000364. The summed E-state index contributed by atoms with van der Waals surface area (Å²) in [6, 6.07) is 64.8. The highest BCUT2D eigenvalue weighted by molar-refractivity contribution is 5.41. The van der Waals surface area contributed by atoms with Gasteiger partial charge in [-0.2, -0.15) is 0 Å². The van der Waals surface area contributed by atoms with E-state index < -0.39 is 255 Å². The minimum absolute atomic E-state index is 0.0102. The maximum absolute atomic E-state index is 10.6. The molecule has 0 aliphatic carbocycles. The number of hydrogen-bond acceptors (Lipinski definition) is 25. The van der Waals surface area contributed by atoms with Gasteiger partial charge in [0.05, 0.1) is 94.7 Å². The molecule has 10 aromatic rings. The summed E-state index contributed by atoms with van der Waals surface area (Å²) in [5, 5.41) is 161. The molecule has 0 amide bonds. The summed E-state index contributed by atoms with van der Waals surface area (Å²) in [4.78, 5) is 0. The highest BCUT2D eigenvalue weighted by Crippen LogP contribution is 2.29. The van der Waals surface area contributed by atoms with Crippen molar-refractivity contribution in [3.05, 3.63) is 326 Å². The molecule has 830 valence electrons. The zero-order valence-corrected chi connectivity index (χ0v) is 85.3. The van der Waals surface area contributed by atoms with Crippen molar-refractivity contribution in [3.63, 3.8) is 0 Å². The van der Waals surface area contributed by atoms with E-state index in [1.54, 1.807) is 5.32 Å². The van der Waals surface area contributed by atoms with E-state index in [1.807, 2.05) is 115 Å². The highest BCUT2D eigenvalue weighted by Gasteiger charge is 2.17. The number of unbranched alkanes of at least 4 members (excludes halogenated alkanes) is 10. The van der Waals surface area contributed by atoms with Gasteiger partial charge in [0, 0.05) is 154 Å². The third-order valence-corrected chi connectivity index (χ3v) is 22.3. The van der Waals surface area contributed by atoms with Crippen LogP contribution in [-0.2, 0) is 88.6 Å². The molecular weight excluding hydrogens is 1890 g/mol. The second-order valence-corrected chi connectivity index (χ2v) is 34.0. The van der Waals surface area contributed by atoms with E-state index in [1.165, 1.54) is 34.9 Å². The predicted molar refractivity (Wildman–Crippen MR) is 603 cm³/mol. The number of phenols is 5. The Morgan fingerprint density at radius 3 is 0.767 bits per heavy atom. The standard InChI is InChI=1S/5C25H37NO4/c5*27-20-23-18-22(13-14-24(23)28)25(29)19-26-15-7-1-2-8-16-30-17-9-6-12-21-10-4-3-5-11-21/h5*3-5,10-11,13-14,18,25-29H,1-2,6-9,12,15-17,19-20H2/i1D2,2D2,7D2,8D2,15D2,16D2,20D2,25D;7D2,8D2,15D2,16D2,20D2,25D;15D2,16D2,20D2,25D;16D2,20D2,25D;15D2,20D2,25D. The molecular formula is C125H185N5O20. The third-order valence-electron chi connectivity index (χ3n) is 22.3. The Labute approximate surface area is 956 Å². The maximum Gasteiger partial charge on any atom is 0.121 e. The molecule has 10 rings (SSSR count). The van der Waals surface area contributed by atoms with Gasteiger partial charge in [-0.1, -0.05) is 246 Å². The number of aliphatic hydroxyl groups is 10. The molecule has 5 unspecified atom stereocenters. The Bertz CT molecular complexity index is 7080. The summed E-state index contributed by atoms with van der Waals surface area (Å²) in [5.41, 5.74) is 2.20. The molecule has 0 saturated heterocycles. The Morgan fingerprint density at radius 1 is 0.213 bits per heavy atom. The van der Waals surface area contributed by atoms with Crippen molar-refractivity contribution in [2.24, 2.45) is 0 Å². The van der Waals surface area contributed by atoms with Gasteiger partial charge in [-0.15, -0.1) is 0 Å². The van der Waals surface area contributed by atoms with Gasteiger partial charge in [0.25, 0.3) is 0 Å². The van der Waals surface area contributed by atoms with Crippen LogP contribution in [0.25, 0.3) is 0 Å². The van der Waals surface area contributed by atoms with Crippen LogP contribution < -0.4 is 26.6 Å². The van der Waals surface area contributed by atoms with Crippen LogP contribution >= 0.6 is 0 Å². The van der Waals surface area contributed by atoms with Crippen molar-refractivity contribution in [1.29, 1.82) is 0 Å². The van der Waals surface area contributed by atoms with Crippen LogP contribution in [0.4, 0.5) is 0 Å². The lowest BCUT2D eigenvalue weighted by Gasteiger charge is -2.14. The molecule has 25 heteroatoms. The van der Waals surface area contributed by atoms with Gasteiger partial charge in [0.15, 0.2) is 0 Å². The van der Waals surface area contributed by atoms with Crippen LogP contribution in [0.2, 0.25) is 0 Å². The number of benzene rings is 10. The first kappa shape index (κ1) is 76.9. The first-order chi connectivity index (χ1) is 88.7. The number of nitrogens with one attached hydrogen (secondary N) is 5. The summed E-state index contributed by atoms with van der Waals surface area (Å²) in [6.45, 7) is -35.8. The van der Waals surface area contributed by atoms with Crippen LogP contribution in [-0.4, -0.2) is 208 Å². The lowest BCUT2D eigenvalue weighted by atomic mass is 10.1. The molecule has 0 fully saturated rings. The minimum Gasteiger partial charge on any atom is -0.508 e. The molecule has 0 aromatic heterocycles. The first-order valence-corrected chi connectivity index (χ1v) is 50.7. The van der Waals surface area contributed by atoms with Gasteiger partial charge in [0.1, 0.15) is 28.7 Å². The second kappa shape index (κ2) is 86.8. The lowest BCUT2D eigenvalue weighted by molar-refractivity contribution is 0.126. The summed E-state index contributed by atoms with van der Waals surface area (Å²) in [5.74, 6) is -2.87. The molecule has 0 saturated carbocycles. The van der Waals surface area contributed by atoms with Gasteiger partial charge in [0.2, 0.25) is 0 Å². The molecule has 0 bridgehead atoms. The van der Waals surface area contributed by atoms with Crippen LogP contribution in [0.3, 0.4) is 0 Å². The van der Waals surface area contributed by atoms with Gasteiger partial charge < -0.3 is 127 Å². The number of aryl methyl sites for hydroxylation is 5. The highest BCUT2D eigenvalue weighted by atomic mass is 16.5. The van der Waals surface area contributed by atoms with Crippen LogP contribution in [0.1, 0.15) is 365 Å². The molecule has 0 heterocycles. The monoisotopic (exact) mass is 2120 g/mol. The molecule has 5 atom stereocenters. The Kier molecular flexibility index (Phi) is 44.5. The molecule has 0 aliphatic rings. The summed E-state index contributed by atoms with van der Waals surface area (Å²) >= 11 is 0. The Morgan fingerprint density at radius 2 is 0.453 bits per heavy atom. The van der Waals surface area contributed by atoms with E-state index in [0.29, 0.717) is 96.8 Å². The zero-order chi connectivity index (χ0) is 146. The molecule has 20 N–H and O–H groups in total. The van der Waals surface area contributed by atoms with Crippen molar-refractivity contribution in [2.75, 3.05) is 131 Å². The van der Waals surface area contributed by atoms with E-state index in [0.717, 1.165) is 168 Å². The van der Waals surface area contributed by atoms with Crippen LogP contribution in [0, 0.1) is 0 Å². The fourth-order valence-corrected chi connectivity index (χ4v) is 13.9. The minimum atomic E-state index is -4.12. The van der Waals surface area contributed by atoms with Crippen molar-refractivity contribution >= 4 is 0 Å². The number of aromatic hydroxyl groups is 5. The van der Waals surface area contributed by atoms with Crippen LogP contribution in [0.15, 0.2) is 243 Å². The zero-order valence-electron chi connectivity index (χ0n) is 128. The fraction of sp³-hybridized carbons (Fsp3) is 0.520. The van der Waals surface area contributed by atoms with Crippen molar-refractivity contribution in [3.8, 4) is 28.7 Å². The van der Waals surface area contributed by atoms with Gasteiger partial charge in [-0.05, 0) is 309 Å². The average Bonchev–Trinajstić information content (AvgIpc) is 0.703. The second-order valence-electron chi connectivity index (χ2n) is 34.0. The van der Waals surface area contributed by atoms with E-state index >= 15 is 0 Å². The van der Waals surface area contributed by atoms with E-state index in [2.05, 4.69) is 57.7 Å². The van der Waals surface area contributed by atoms with Gasteiger partial charge in [-0.3, -0.25) is 0 Å². The van der Waals surface area contributed by atoms with Gasteiger partial charge in [-0.25, -0.2) is 0 Å². The molecule has 10 aromatic carbocycles.